The molecular weight excluding hydrogens is 219 g/mol. The lowest BCUT2D eigenvalue weighted by Gasteiger charge is -2.10. The average molecular weight is 231 g/mol. The highest BCUT2D eigenvalue weighted by atomic mass is 35.5. The molecule has 0 radical (unpaired) electrons. The van der Waals surface area contributed by atoms with Gasteiger partial charge >= 0.3 is 0 Å². The van der Waals surface area contributed by atoms with Crippen molar-refractivity contribution in [1.29, 1.82) is 0 Å². The van der Waals surface area contributed by atoms with Crippen LogP contribution in [0.5, 0.6) is 0 Å². The summed E-state index contributed by atoms with van der Waals surface area (Å²) < 4.78 is 0. The summed E-state index contributed by atoms with van der Waals surface area (Å²) in [6, 6.07) is 9.11. The van der Waals surface area contributed by atoms with E-state index in [1.54, 1.807) is 19.1 Å². The van der Waals surface area contributed by atoms with Crippen molar-refractivity contribution in [2.45, 2.75) is 24.1 Å². The number of Topliss-reactive ketones (excluding diaryl/α,β-unsaturated/α-hetero) is 1. The van der Waals surface area contributed by atoms with Crippen LogP contribution in [0.2, 0.25) is 0 Å². The maximum atomic E-state index is 11.6. The van der Waals surface area contributed by atoms with Crippen LogP contribution in [0, 0.1) is 0 Å². The number of alkyl halides is 2. The van der Waals surface area contributed by atoms with E-state index in [0.717, 1.165) is 0 Å². The Hall–Kier alpha value is -0.530. The van der Waals surface area contributed by atoms with Crippen LogP contribution in [0.1, 0.15) is 23.7 Å². The zero-order valence-electron chi connectivity index (χ0n) is 7.91. The molecule has 2 unspecified atom stereocenters. The highest BCUT2D eigenvalue weighted by Gasteiger charge is 2.16. The second kappa shape index (κ2) is 5.38. The molecule has 14 heavy (non-hydrogen) atoms. The Morgan fingerprint density at radius 2 is 1.86 bits per heavy atom. The van der Waals surface area contributed by atoms with Crippen molar-refractivity contribution in [1.82, 2.24) is 0 Å². The Kier molecular flexibility index (Phi) is 4.43. The van der Waals surface area contributed by atoms with Gasteiger partial charge < -0.3 is 0 Å². The normalized spacial score (nSPS) is 14.8. The third-order valence-electron chi connectivity index (χ3n) is 1.97. The summed E-state index contributed by atoms with van der Waals surface area (Å²) in [6.07, 6.45) is 0.288. The SMILES string of the molecule is CC(Cl)C(Cl)CC(=O)c1ccccc1. The highest BCUT2D eigenvalue weighted by Crippen LogP contribution is 2.16. The molecule has 0 saturated carbocycles. The van der Waals surface area contributed by atoms with E-state index in [1.807, 2.05) is 18.2 Å². The second-order valence-corrected chi connectivity index (χ2v) is 4.44. The van der Waals surface area contributed by atoms with Crippen LogP contribution < -0.4 is 0 Å². The molecular formula is C11H12Cl2O. The van der Waals surface area contributed by atoms with Crippen LogP contribution in [0.25, 0.3) is 0 Å². The number of benzene rings is 1. The van der Waals surface area contributed by atoms with E-state index >= 15 is 0 Å². The minimum absolute atomic E-state index is 0.0399. The molecule has 1 aromatic rings. The zero-order chi connectivity index (χ0) is 10.6. The topological polar surface area (TPSA) is 17.1 Å². The van der Waals surface area contributed by atoms with E-state index in [9.17, 15) is 4.79 Å². The first-order chi connectivity index (χ1) is 6.61. The van der Waals surface area contributed by atoms with Crippen LogP contribution in [0.4, 0.5) is 0 Å². The van der Waals surface area contributed by atoms with Crippen molar-refractivity contribution in [3.63, 3.8) is 0 Å². The van der Waals surface area contributed by atoms with Gasteiger partial charge in [0.05, 0.1) is 5.38 Å². The summed E-state index contributed by atoms with van der Waals surface area (Å²) in [4.78, 5) is 11.6. The van der Waals surface area contributed by atoms with E-state index in [-0.39, 0.29) is 23.0 Å². The smallest absolute Gasteiger partial charge is 0.164 e. The summed E-state index contributed by atoms with van der Waals surface area (Å²) in [6.45, 7) is 1.79. The average Bonchev–Trinajstić information content (AvgIpc) is 2.19. The quantitative estimate of drug-likeness (QED) is 0.572. The maximum absolute atomic E-state index is 11.6. The standard InChI is InChI=1S/C11H12Cl2O/c1-8(12)10(13)7-11(14)9-5-3-2-4-6-9/h2-6,8,10H,7H2,1H3. The number of hydrogen-bond donors (Lipinski definition) is 0. The number of carbonyl (C=O) groups excluding carboxylic acids is 1. The summed E-state index contributed by atoms with van der Waals surface area (Å²) >= 11 is 11.7. The molecule has 0 bridgehead atoms. The van der Waals surface area contributed by atoms with Gasteiger partial charge in [-0.05, 0) is 6.92 Å². The summed E-state index contributed by atoms with van der Waals surface area (Å²) in [5.41, 5.74) is 0.690. The van der Waals surface area contributed by atoms with Crippen molar-refractivity contribution >= 4 is 29.0 Å². The molecule has 0 N–H and O–H groups in total. The molecule has 1 rings (SSSR count). The number of rotatable bonds is 4. The van der Waals surface area contributed by atoms with Gasteiger partial charge in [-0.1, -0.05) is 30.3 Å². The Morgan fingerprint density at radius 1 is 1.29 bits per heavy atom. The van der Waals surface area contributed by atoms with Crippen molar-refractivity contribution in [2.24, 2.45) is 0 Å². The molecule has 3 heteroatoms. The van der Waals surface area contributed by atoms with Crippen molar-refractivity contribution in [2.75, 3.05) is 0 Å². The van der Waals surface area contributed by atoms with Crippen LogP contribution in [-0.4, -0.2) is 16.5 Å². The molecule has 0 aromatic heterocycles. The number of halogens is 2. The largest absolute Gasteiger partial charge is 0.294 e. The zero-order valence-corrected chi connectivity index (χ0v) is 9.42. The highest BCUT2D eigenvalue weighted by molar-refractivity contribution is 6.30. The molecule has 0 fully saturated rings. The van der Waals surface area contributed by atoms with Crippen molar-refractivity contribution in [3.05, 3.63) is 35.9 Å². The lowest BCUT2D eigenvalue weighted by Crippen LogP contribution is -2.16. The Balaban J connectivity index is 2.60. The predicted octanol–water partition coefficient (Wildman–Crippen LogP) is 3.49. The van der Waals surface area contributed by atoms with Crippen LogP contribution in [-0.2, 0) is 0 Å². The minimum Gasteiger partial charge on any atom is -0.294 e. The summed E-state index contributed by atoms with van der Waals surface area (Å²) in [7, 11) is 0. The van der Waals surface area contributed by atoms with Gasteiger partial charge in [-0.2, -0.15) is 0 Å². The van der Waals surface area contributed by atoms with Gasteiger partial charge in [0.25, 0.3) is 0 Å². The Bertz CT molecular complexity index is 295. The first-order valence-corrected chi connectivity index (χ1v) is 5.35. The van der Waals surface area contributed by atoms with Gasteiger partial charge in [0, 0.05) is 17.4 Å². The first-order valence-electron chi connectivity index (χ1n) is 4.47. The van der Waals surface area contributed by atoms with Crippen LogP contribution in [0.15, 0.2) is 30.3 Å². The maximum Gasteiger partial charge on any atom is 0.164 e. The molecule has 0 amide bonds. The molecule has 0 aliphatic rings. The third-order valence-corrected chi connectivity index (χ3v) is 2.94. The molecule has 0 saturated heterocycles. The lowest BCUT2D eigenvalue weighted by atomic mass is 10.1. The van der Waals surface area contributed by atoms with Gasteiger partial charge in [0.2, 0.25) is 0 Å². The molecule has 1 aromatic carbocycles. The predicted molar refractivity (Wildman–Crippen MR) is 60.3 cm³/mol. The van der Waals surface area contributed by atoms with E-state index < -0.39 is 0 Å². The third kappa shape index (κ3) is 3.32. The van der Waals surface area contributed by atoms with Crippen molar-refractivity contribution in [3.8, 4) is 0 Å². The lowest BCUT2D eigenvalue weighted by molar-refractivity contribution is 0.0981. The number of hydrogen-bond acceptors (Lipinski definition) is 1. The van der Waals surface area contributed by atoms with Gasteiger partial charge in [0.15, 0.2) is 5.78 Å². The molecule has 1 nitrogen and oxygen atoms in total. The first kappa shape index (κ1) is 11.5. The summed E-state index contributed by atoms with van der Waals surface area (Å²) in [5.74, 6) is 0.0399. The second-order valence-electron chi connectivity index (χ2n) is 3.19. The van der Waals surface area contributed by atoms with Crippen molar-refractivity contribution < 1.29 is 4.79 Å². The van der Waals surface area contributed by atoms with Crippen LogP contribution in [0.3, 0.4) is 0 Å². The fraction of sp³-hybridized carbons (Fsp3) is 0.364. The van der Waals surface area contributed by atoms with Gasteiger partial charge in [-0.25, -0.2) is 0 Å². The molecule has 0 aliphatic carbocycles. The molecule has 2 atom stereocenters. The summed E-state index contributed by atoms with van der Waals surface area (Å²) in [5, 5.41) is -0.492. The molecule has 0 aliphatic heterocycles. The number of carbonyl (C=O) groups is 1. The van der Waals surface area contributed by atoms with Gasteiger partial charge in [-0.3, -0.25) is 4.79 Å². The molecule has 0 spiro atoms. The van der Waals surface area contributed by atoms with Gasteiger partial charge in [0.1, 0.15) is 0 Å². The van der Waals surface area contributed by atoms with E-state index in [4.69, 9.17) is 23.2 Å². The number of ketones is 1. The van der Waals surface area contributed by atoms with Gasteiger partial charge in [-0.15, -0.1) is 23.2 Å². The fourth-order valence-corrected chi connectivity index (χ4v) is 1.31. The Morgan fingerprint density at radius 3 is 2.36 bits per heavy atom. The molecule has 76 valence electrons. The van der Waals surface area contributed by atoms with E-state index in [2.05, 4.69) is 0 Å². The van der Waals surface area contributed by atoms with E-state index in [1.165, 1.54) is 0 Å². The minimum atomic E-state index is -0.302. The van der Waals surface area contributed by atoms with Crippen LogP contribution >= 0.6 is 23.2 Å². The van der Waals surface area contributed by atoms with E-state index in [0.29, 0.717) is 5.56 Å². The molecule has 0 heterocycles. The fourth-order valence-electron chi connectivity index (χ4n) is 1.08. The Labute approximate surface area is 94.0 Å². The monoisotopic (exact) mass is 230 g/mol.